The highest BCUT2D eigenvalue weighted by atomic mass is 32.1. The van der Waals surface area contributed by atoms with Gasteiger partial charge in [0, 0.05) is 31.5 Å². The summed E-state index contributed by atoms with van der Waals surface area (Å²) in [7, 11) is 1.69. The van der Waals surface area contributed by atoms with Gasteiger partial charge in [-0.05, 0) is 55.4 Å². The summed E-state index contributed by atoms with van der Waals surface area (Å²) in [6.45, 7) is 5.00. The Morgan fingerprint density at radius 3 is 2.78 bits per heavy atom. The second-order valence-corrected chi connectivity index (χ2v) is 6.21. The molecule has 0 saturated heterocycles. The van der Waals surface area contributed by atoms with Gasteiger partial charge in [-0.15, -0.1) is 0 Å². The number of methoxy groups -OCH3 is 1. The standard InChI is InChI=1S/C18H23N3OS/c1-14-17-4-3-11-20(17)12-13-21(14)18(23)19-10-9-15-5-7-16(22-2)8-6-15/h3-8,11,14H,9-10,12-13H2,1-2H3,(H,19,23). The van der Waals surface area contributed by atoms with Gasteiger partial charge in [0.15, 0.2) is 5.11 Å². The predicted octanol–water partition coefficient (Wildman–Crippen LogP) is 2.99. The van der Waals surface area contributed by atoms with E-state index in [1.165, 1.54) is 11.3 Å². The minimum absolute atomic E-state index is 0.319. The molecule has 1 aromatic heterocycles. The maximum atomic E-state index is 5.59. The summed E-state index contributed by atoms with van der Waals surface area (Å²) in [5.74, 6) is 0.891. The van der Waals surface area contributed by atoms with Gasteiger partial charge >= 0.3 is 0 Å². The van der Waals surface area contributed by atoms with Crippen molar-refractivity contribution >= 4 is 17.3 Å². The van der Waals surface area contributed by atoms with Crippen molar-refractivity contribution in [2.75, 3.05) is 20.2 Å². The Morgan fingerprint density at radius 1 is 1.26 bits per heavy atom. The second kappa shape index (κ2) is 7.04. The van der Waals surface area contributed by atoms with Crippen LogP contribution in [0.5, 0.6) is 5.75 Å². The molecule has 2 aromatic rings. The lowest BCUT2D eigenvalue weighted by Crippen LogP contribution is -2.46. The Labute approximate surface area is 143 Å². The van der Waals surface area contributed by atoms with Crippen LogP contribution in [0.25, 0.3) is 0 Å². The van der Waals surface area contributed by atoms with Crippen molar-refractivity contribution in [1.29, 1.82) is 0 Å². The van der Waals surface area contributed by atoms with E-state index in [0.29, 0.717) is 6.04 Å². The monoisotopic (exact) mass is 329 g/mol. The number of thiocarbonyl (C=S) groups is 1. The average molecular weight is 329 g/mol. The lowest BCUT2D eigenvalue weighted by Gasteiger charge is -2.36. The molecule has 23 heavy (non-hydrogen) atoms. The van der Waals surface area contributed by atoms with Crippen LogP contribution >= 0.6 is 12.2 Å². The minimum Gasteiger partial charge on any atom is -0.497 e. The van der Waals surface area contributed by atoms with Gasteiger partial charge in [0.05, 0.1) is 13.2 Å². The molecule has 5 heteroatoms. The molecule has 1 atom stereocenters. The molecular weight excluding hydrogens is 306 g/mol. The molecule has 0 saturated carbocycles. The number of benzene rings is 1. The van der Waals surface area contributed by atoms with Gasteiger partial charge in [-0.25, -0.2) is 0 Å². The first kappa shape index (κ1) is 15.9. The molecule has 0 aliphatic carbocycles. The maximum Gasteiger partial charge on any atom is 0.169 e. The first-order chi connectivity index (χ1) is 11.2. The van der Waals surface area contributed by atoms with E-state index in [1.54, 1.807) is 7.11 Å². The van der Waals surface area contributed by atoms with Crippen LogP contribution in [0.1, 0.15) is 24.2 Å². The first-order valence-corrected chi connectivity index (χ1v) is 8.42. The molecule has 1 aliphatic heterocycles. The van der Waals surface area contributed by atoms with E-state index < -0.39 is 0 Å². The van der Waals surface area contributed by atoms with Gasteiger partial charge < -0.3 is 19.5 Å². The second-order valence-electron chi connectivity index (χ2n) is 5.83. The number of nitrogens with zero attached hydrogens (tertiary/aromatic N) is 2. The zero-order chi connectivity index (χ0) is 16.2. The van der Waals surface area contributed by atoms with E-state index in [-0.39, 0.29) is 0 Å². The fourth-order valence-corrected chi connectivity index (χ4v) is 3.42. The summed E-state index contributed by atoms with van der Waals surface area (Å²) in [5, 5.41) is 4.25. The van der Waals surface area contributed by atoms with E-state index >= 15 is 0 Å². The highest BCUT2D eigenvalue weighted by molar-refractivity contribution is 7.80. The molecule has 0 amide bonds. The van der Waals surface area contributed by atoms with Crippen molar-refractivity contribution in [2.45, 2.75) is 25.9 Å². The number of hydrogen-bond donors (Lipinski definition) is 1. The lowest BCUT2D eigenvalue weighted by molar-refractivity contribution is 0.269. The van der Waals surface area contributed by atoms with Crippen LogP contribution in [0, 0.1) is 0 Å². The van der Waals surface area contributed by atoms with Crippen molar-refractivity contribution in [3.05, 3.63) is 53.9 Å². The zero-order valence-corrected chi connectivity index (χ0v) is 14.5. The zero-order valence-electron chi connectivity index (χ0n) is 13.7. The summed E-state index contributed by atoms with van der Waals surface area (Å²) in [4.78, 5) is 2.28. The molecule has 0 fully saturated rings. The van der Waals surface area contributed by atoms with Crippen molar-refractivity contribution in [3.63, 3.8) is 0 Å². The Morgan fingerprint density at radius 2 is 2.04 bits per heavy atom. The highest BCUT2D eigenvalue weighted by Crippen LogP contribution is 2.25. The molecule has 1 N–H and O–H groups in total. The topological polar surface area (TPSA) is 29.4 Å². The van der Waals surface area contributed by atoms with Crippen LogP contribution in [0.2, 0.25) is 0 Å². The van der Waals surface area contributed by atoms with Gasteiger partial charge in [-0.1, -0.05) is 12.1 Å². The summed E-state index contributed by atoms with van der Waals surface area (Å²) in [6.07, 6.45) is 3.09. The number of fused-ring (bicyclic) bond motifs is 1. The van der Waals surface area contributed by atoms with E-state index in [4.69, 9.17) is 17.0 Å². The molecule has 0 bridgehead atoms. The highest BCUT2D eigenvalue weighted by Gasteiger charge is 2.24. The summed E-state index contributed by atoms with van der Waals surface area (Å²) < 4.78 is 7.49. The normalized spacial score (nSPS) is 16.8. The third kappa shape index (κ3) is 3.50. The van der Waals surface area contributed by atoms with Crippen molar-refractivity contribution in [2.24, 2.45) is 0 Å². The van der Waals surface area contributed by atoms with Gasteiger partial charge in [0.25, 0.3) is 0 Å². The largest absolute Gasteiger partial charge is 0.497 e. The van der Waals surface area contributed by atoms with Crippen LogP contribution in [0.15, 0.2) is 42.6 Å². The maximum absolute atomic E-state index is 5.59. The van der Waals surface area contributed by atoms with E-state index in [9.17, 15) is 0 Å². The third-order valence-corrected chi connectivity index (χ3v) is 4.83. The number of rotatable bonds is 4. The predicted molar refractivity (Wildman–Crippen MR) is 96.9 cm³/mol. The third-order valence-electron chi connectivity index (χ3n) is 4.45. The molecule has 3 rings (SSSR count). The quantitative estimate of drug-likeness (QED) is 0.873. The van der Waals surface area contributed by atoms with Crippen LogP contribution in [0.3, 0.4) is 0 Å². The SMILES string of the molecule is COc1ccc(CCNC(=S)N2CCn3cccc3C2C)cc1. The Bertz CT molecular complexity index is 665. The fraction of sp³-hybridized carbons (Fsp3) is 0.389. The summed E-state index contributed by atoms with van der Waals surface area (Å²) in [6, 6.07) is 12.8. The number of aromatic nitrogens is 1. The van der Waals surface area contributed by atoms with Crippen LogP contribution < -0.4 is 10.1 Å². The van der Waals surface area contributed by atoms with Gasteiger partial charge in [-0.2, -0.15) is 0 Å². The first-order valence-electron chi connectivity index (χ1n) is 8.01. The number of ether oxygens (including phenoxy) is 1. The van der Waals surface area contributed by atoms with Gasteiger partial charge in [-0.3, -0.25) is 0 Å². The molecular formula is C18H23N3OS. The molecule has 0 spiro atoms. The van der Waals surface area contributed by atoms with Crippen LogP contribution in [-0.4, -0.2) is 34.8 Å². The smallest absolute Gasteiger partial charge is 0.169 e. The number of hydrogen-bond acceptors (Lipinski definition) is 2. The molecule has 0 radical (unpaired) electrons. The fourth-order valence-electron chi connectivity index (χ4n) is 3.06. The Balaban J connectivity index is 1.51. The summed E-state index contributed by atoms with van der Waals surface area (Å²) in [5.41, 5.74) is 2.61. The van der Waals surface area contributed by atoms with Gasteiger partial charge in [0.2, 0.25) is 0 Å². The van der Waals surface area contributed by atoms with E-state index in [1.807, 2.05) is 12.1 Å². The molecule has 1 aromatic carbocycles. The van der Waals surface area contributed by atoms with Crippen molar-refractivity contribution in [1.82, 2.24) is 14.8 Å². The molecule has 1 unspecified atom stereocenters. The minimum atomic E-state index is 0.319. The Kier molecular flexibility index (Phi) is 4.86. The molecule has 4 nitrogen and oxygen atoms in total. The van der Waals surface area contributed by atoms with Crippen LogP contribution in [0.4, 0.5) is 0 Å². The van der Waals surface area contributed by atoms with Gasteiger partial charge in [0.1, 0.15) is 5.75 Å². The van der Waals surface area contributed by atoms with Crippen molar-refractivity contribution < 1.29 is 4.74 Å². The molecule has 1 aliphatic rings. The molecule has 2 heterocycles. The van der Waals surface area contributed by atoms with E-state index in [2.05, 4.69) is 52.2 Å². The Hall–Kier alpha value is -2.01. The lowest BCUT2D eigenvalue weighted by atomic mass is 10.1. The average Bonchev–Trinajstić information content (AvgIpc) is 3.05. The number of nitrogens with one attached hydrogen (secondary N) is 1. The molecule has 122 valence electrons. The van der Waals surface area contributed by atoms with E-state index in [0.717, 1.165) is 36.9 Å². The van der Waals surface area contributed by atoms with Crippen LogP contribution in [-0.2, 0) is 13.0 Å². The summed E-state index contributed by atoms with van der Waals surface area (Å²) >= 11 is 5.59. The van der Waals surface area contributed by atoms with Crippen molar-refractivity contribution in [3.8, 4) is 5.75 Å².